The minimum Gasteiger partial charge on any atom is -0.321 e. The number of thioether (sulfide) groups is 1. The molecule has 0 radical (unpaired) electrons. The summed E-state index contributed by atoms with van der Waals surface area (Å²) >= 11 is 7.57. The molecule has 0 spiro atoms. The lowest BCUT2D eigenvalue weighted by Crippen LogP contribution is -2.30. The van der Waals surface area contributed by atoms with Crippen LogP contribution in [-0.2, 0) is 16.0 Å². The molecule has 2 amide bonds. The van der Waals surface area contributed by atoms with Crippen molar-refractivity contribution in [1.29, 1.82) is 5.26 Å². The quantitative estimate of drug-likeness (QED) is 0.244. The molecule has 5 rings (SSSR count). The van der Waals surface area contributed by atoms with Gasteiger partial charge in [0, 0.05) is 21.8 Å². The van der Waals surface area contributed by atoms with Crippen LogP contribution in [0.3, 0.4) is 0 Å². The van der Waals surface area contributed by atoms with Crippen LogP contribution in [0.2, 0.25) is 5.02 Å². The third kappa shape index (κ3) is 4.59. The van der Waals surface area contributed by atoms with Gasteiger partial charge in [-0.3, -0.25) is 14.5 Å². The summed E-state index contributed by atoms with van der Waals surface area (Å²) in [6.07, 6.45) is 0.375. The molecule has 0 aromatic heterocycles. The number of nitrogens with one attached hydrogen (secondary N) is 1. The van der Waals surface area contributed by atoms with Gasteiger partial charge in [-0.2, -0.15) is 5.26 Å². The van der Waals surface area contributed by atoms with Crippen molar-refractivity contribution in [2.24, 2.45) is 0 Å². The van der Waals surface area contributed by atoms with E-state index in [1.165, 1.54) is 16.7 Å². The van der Waals surface area contributed by atoms with Gasteiger partial charge in [-0.1, -0.05) is 96.2 Å². The van der Waals surface area contributed by atoms with Gasteiger partial charge < -0.3 is 5.32 Å². The summed E-state index contributed by atoms with van der Waals surface area (Å²) in [6, 6.07) is 31.7. The number of fused-ring (bicyclic) bond motifs is 1. The number of amides is 2. The number of nitrogens with zero attached hydrogens (tertiary/aromatic N) is 2. The van der Waals surface area contributed by atoms with Gasteiger partial charge in [0.1, 0.15) is 16.7 Å². The highest BCUT2D eigenvalue weighted by Gasteiger charge is 2.41. The van der Waals surface area contributed by atoms with E-state index < -0.39 is 11.2 Å². The molecule has 1 fully saturated rings. The van der Waals surface area contributed by atoms with Gasteiger partial charge in [-0.25, -0.2) is 0 Å². The van der Waals surface area contributed by atoms with Crippen molar-refractivity contribution in [2.45, 2.75) is 11.7 Å². The van der Waals surface area contributed by atoms with Crippen molar-refractivity contribution in [1.82, 2.24) is 0 Å². The number of hydrogen-bond donors (Lipinski definition) is 1. The molecular weight excluding hydrogens is 490 g/mol. The van der Waals surface area contributed by atoms with Crippen LogP contribution in [0.25, 0.3) is 10.8 Å². The second-order valence-electron chi connectivity index (χ2n) is 8.18. The Kier molecular flexibility index (Phi) is 6.77. The molecule has 4 aromatic rings. The van der Waals surface area contributed by atoms with E-state index in [0.29, 0.717) is 27.8 Å². The molecule has 1 aliphatic rings. The molecule has 0 saturated carbocycles. The average Bonchev–Trinajstić information content (AvgIpc) is 3.22. The van der Waals surface area contributed by atoms with Crippen LogP contribution in [0.1, 0.15) is 5.56 Å². The van der Waals surface area contributed by atoms with E-state index in [0.717, 1.165) is 16.3 Å². The standard InChI is InChI=1S/C29H20ClN3O2S/c30-24-15-7-5-10-20(24)17-26-28(35)33(21-12-2-1-3-13-21)29(36-26)23(18-31)27(34)32-25-16-8-11-19-9-4-6-14-22(19)25/h1-16,26H,17H2,(H,32,34). The first-order valence-electron chi connectivity index (χ1n) is 11.3. The maximum atomic E-state index is 13.6. The lowest BCUT2D eigenvalue weighted by atomic mass is 10.1. The van der Waals surface area contributed by atoms with E-state index in [1.807, 2.05) is 72.8 Å². The second kappa shape index (κ2) is 10.3. The molecule has 176 valence electrons. The van der Waals surface area contributed by atoms with Gasteiger partial charge in [0.05, 0.1) is 5.25 Å². The number of benzene rings is 4. The summed E-state index contributed by atoms with van der Waals surface area (Å²) in [5, 5.41) is 15.1. The number of carbonyl (C=O) groups excluding carboxylic acids is 2. The molecule has 1 saturated heterocycles. The maximum absolute atomic E-state index is 13.6. The first kappa shape index (κ1) is 23.7. The van der Waals surface area contributed by atoms with E-state index in [2.05, 4.69) is 11.4 Å². The molecule has 4 aromatic carbocycles. The van der Waals surface area contributed by atoms with Gasteiger partial charge in [-0.05, 0) is 41.6 Å². The smallest absolute Gasteiger partial charge is 0.269 e. The number of halogens is 1. The zero-order chi connectivity index (χ0) is 25.1. The predicted molar refractivity (Wildman–Crippen MR) is 146 cm³/mol. The number of rotatable bonds is 5. The Labute approximate surface area is 218 Å². The van der Waals surface area contributed by atoms with Crippen LogP contribution >= 0.6 is 23.4 Å². The zero-order valence-corrected chi connectivity index (χ0v) is 20.6. The Balaban J connectivity index is 1.54. The minimum atomic E-state index is -0.566. The van der Waals surface area contributed by atoms with Crippen molar-refractivity contribution in [3.05, 3.63) is 118 Å². The fourth-order valence-corrected chi connectivity index (χ4v) is 5.69. The lowest BCUT2D eigenvalue weighted by Gasteiger charge is -2.18. The van der Waals surface area contributed by atoms with Gasteiger partial charge in [0.2, 0.25) is 5.91 Å². The summed E-state index contributed by atoms with van der Waals surface area (Å²) in [5.41, 5.74) is 1.90. The van der Waals surface area contributed by atoms with Crippen LogP contribution in [-0.4, -0.2) is 17.1 Å². The molecular formula is C29H20ClN3O2S. The highest BCUT2D eigenvalue weighted by atomic mass is 35.5. The van der Waals surface area contributed by atoms with Gasteiger partial charge in [0.15, 0.2) is 0 Å². The normalized spacial score (nSPS) is 16.6. The molecule has 1 aliphatic heterocycles. The van der Waals surface area contributed by atoms with Gasteiger partial charge in [-0.15, -0.1) is 0 Å². The first-order chi connectivity index (χ1) is 17.6. The van der Waals surface area contributed by atoms with Gasteiger partial charge >= 0.3 is 0 Å². The van der Waals surface area contributed by atoms with Crippen LogP contribution in [0.15, 0.2) is 108 Å². The van der Waals surface area contributed by atoms with Crippen LogP contribution in [0, 0.1) is 11.3 Å². The molecule has 1 heterocycles. The highest BCUT2D eigenvalue weighted by molar-refractivity contribution is 8.05. The molecule has 1 N–H and O–H groups in total. The highest BCUT2D eigenvalue weighted by Crippen LogP contribution is 2.42. The van der Waals surface area contributed by atoms with E-state index in [-0.39, 0.29) is 11.5 Å². The first-order valence-corrected chi connectivity index (χ1v) is 12.5. The largest absolute Gasteiger partial charge is 0.321 e. The van der Waals surface area contributed by atoms with Crippen LogP contribution in [0.4, 0.5) is 11.4 Å². The van der Waals surface area contributed by atoms with Crippen molar-refractivity contribution in [2.75, 3.05) is 10.2 Å². The number of nitriles is 1. The number of carbonyl (C=O) groups is 2. The number of hydrogen-bond acceptors (Lipinski definition) is 4. The molecule has 5 nitrogen and oxygen atoms in total. The Morgan fingerprint density at radius 1 is 0.944 bits per heavy atom. The Morgan fingerprint density at radius 2 is 1.64 bits per heavy atom. The van der Waals surface area contributed by atoms with Crippen LogP contribution in [0.5, 0.6) is 0 Å². The summed E-state index contributed by atoms with van der Waals surface area (Å²) in [4.78, 5) is 28.5. The van der Waals surface area contributed by atoms with E-state index in [9.17, 15) is 14.9 Å². The summed E-state index contributed by atoms with van der Waals surface area (Å²) in [6.45, 7) is 0. The summed E-state index contributed by atoms with van der Waals surface area (Å²) in [5.74, 6) is -0.768. The topological polar surface area (TPSA) is 73.2 Å². The van der Waals surface area contributed by atoms with Crippen molar-refractivity contribution in [3.8, 4) is 6.07 Å². The Hall–Kier alpha value is -4.05. The Bertz CT molecular complexity index is 1540. The summed E-state index contributed by atoms with van der Waals surface area (Å²) in [7, 11) is 0. The molecule has 1 atom stereocenters. The SMILES string of the molecule is N#CC(C(=O)Nc1cccc2ccccc12)=C1SC(Cc2ccccc2Cl)C(=O)N1c1ccccc1. The van der Waals surface area contributed by atoms with Crippen molar-refractivity contribution in [3.63, 3.8) is 0 Å². The fourth-order valence-electron chi connectivity index (χ4n) is 4.18. The summed E-state index contributed by atoms with van der Waals surface area (Å²) < 4.78 is 0. The Morgan fingerprint density at radius 3 is 2.42 bits per heavy atom. The lowest BCUT2D eigenvalue weighted by molar-refractivity contribution is -0.117. The molecule has 1 unspecified atom stereocenters. The van der Waals surface area contributed by atoms with Crippen molar-refractivity contribution >= 4 is 57.3 Å². The third-order valence-electron chi connectivity index (χ3n) is 5.92. The van der Waals surface area contributed by atoms with Gasteiger partial charge in [0.25, 0.3) is 5.91 Å². The maximum Gasteiger partial charge on any atom is 0.269 e. The average molecular weight is 510 g/mol. The minimum absolute atomic E-state index is 0.119. The van der Waals surface area contributed by atoms with E-state index in [4.69, 9.17) is 11.6 Å². The fraction of sp³-hybridized carbons (Fsp3) is 0.0690. The molecule has 36 heavy (non-hydrogen) atoms. The number of para-hydroxylation sites is 1. The molecule has 0 aliphatic carbocycles. The molecule has 0 bridgehead atoms. The monoisotopic (exact) mass is 509 g/mol. The zero-order valence-electron chi connectivity index (χ0n) is 19.0. The van der Waals surface area contributed by atoms with Crippen molar-refractivity contribution < 1.29 is 9.59 Å². The second-order valence-corrected chi connectivity index (χ2v) is 9.78. The van der Waals surface area contributed by atoms with E-state index in [1.54, 1.807) is 24.3 Å². The van der Waals surface area contributed by atoms with Crippen LogP contribution < -0.4 is 10.2 Å². The number of anilines is 2. The van der Waals surface area contributed by atoms with E-state index >= 15 is 0 Å². The predicted octanol–water partition coefficient (Wildman–Crippen LogP) is 6.56. The molecule has 7 heteroatoms. The third-order valence-corrected chi connectivity index (χ3v) is 7.55.